The highest BCUT2D eigenvalue weighted by molar-refractivity contribution is 7.89. The van der Waals surface area contributed by atoms with E-state index in [2.05, 4.69) is 5.32 Å². The number of thiophene rings is 1. The Morgan fingerprint density at radius 1 is 1.23 bits per heavy atom. The SMILES string of the molecule is NS(=O)(=O)c1cc(S(=O)(=O)O)c(NCc2cccs2)cc1Cl. The molecule has 0 aliphatic carbocycles. The van der Waals surface area contributed by atoms with Gasteiger partial charge in [0.15, 0.2) is 0 Å². The molecular formula is C11H11ClN2O5S3. The molecule has 0 saturated carbocycles. The largest absolute Gasteiger partial charge is 0.379 e. The van der Waals surface area contributed by atoms with E-state index >= 15 is 0 Å². The van der Waals surface area contributed by atoms with Gasteiger partial charge in [-0.1, -0.05) is 17.7 Å². The van der Waals surface area contributed by atoms with Gasteiger partial charge in [0, 0.05) is 11.4 Å². The zero-order valence-corrected chi connectivity index (χ0v) is 14.1. The van der Waals surface area contributed by atoms with E-state index in [9.17, 15) is 21.4 Å². The molecular weight excluding hydrogens is 372 g/mol. The Morgan fingerprint density at radius 3 is 2.41 bits per heavy atom. The molecule has 2 aromatic rings. The predicted molar refractivity (Wildman–Crippen MR) is 84.3 cm³/mol. The van der Waals surface area contributed by atoms with Crippen LogP contribution >= 0.6 is 22.9 Å². The van der Waals surface area contributed by atoms with Crippen LogP contribution in [-0.2, 0) is 26.7 Å². The maximum atomic E-state index is 11.4. The van der Waals surface area contributed by atoms with Crippen LogP contribution in [0.4, 0.5) is 5.69 Å². The molecule has 22 heavy (non-hydrogen) atoms. The molecule has 0 aliphatic heterocycles. The van der Waals surface area contributed by atoms with Crippen LogP contribution < -0.4 is 10.5 Å². The monoisotopic (exact) mass is 382 g/mol. The topological polar surface area (TPSA) is 127 Å². The number of anilines is 1. The first-order valence-corrected chi connectivity index (χ1v) is 9.93. The lowest BCUT2D eigenvalue weighted by atomic mass is 10.3. The van der Waals surface area contributed by atoms with Gasteiger partial charge in [-0.25, -0.2) is 13.6 Å². The number of nitrogens with one attached hydrogen (secondary N) is 1. The van der Waals surface area contributed by atoms with Crippen LogP contribution in [0.3, 0.4) is 0 Å². The van der Waals surface area contributed by atoms with Gasteiger partial charge in [0.25, 0.3) is 10.1 Å². The lowest BCUT2D eigenvalue weighted by Gasteiger charge is -2.12. The van der Waals surface area contributed by atoms with Crippen molar-refractivity contribution >= 4 is 48.8 Å². The van der Waals surface area contributed by atoms with Crippen molar-refractivity contribution in [1.29, 1.82) is 0 Å². The number of halogens is 1. The normalized spacial score (nSPS) is 12.3. The second-order valence-corrected chi connectivity index (χ2v) is 8.59. The summed E-state index contributed by atoms with van der Waals surface area (Å²) < 4.78 is 54.9. The Bertz CT molecular complexity index is 892. The highest BCUT2D eigenvalue weighted by Gasteiger charge is 2.23. The van der Waals surface area contributed by atoms with Crippen LogP contribution in [0.1, 0.15) is 4.88 Å². The predicted octanol–water partition coefficient (Wildman–Crippen LogP) is 1.91. The number of primary sulfonamides is 1. The van der Waals surface area contributed by atoms with Crippen molar-refractivity contribution in [2.24, 2.45) is 5.14 Å². The van der Waals surface area contributed by atoms with Gasteiger partial charge in [-0.2, -0.15) is 8.42 Å². The van der Waals surface area contributed by atoms with E-state index in [-0.39, 0.29) is 17.3 Å². The third kappa shape index (κ3) is 3.97. The fourth-order valence-corrected chi connectivity index (χ4v) is 4.19. The first-order chi connectivity index (χ1) is 10.1. The van der Waals surface area contributed by atoms with Gasteiger partial charge >= 0.3 is 0 Å². The molecule has 1 aromatic carbocycles. The molecule has 0 radical (unpaired) electrons. The standard InChI is InChI=1S/C11H11ClN2O5S3/c12-8-4-9(14-6-7-2-1-3-20-7)11(22(17,18)19)5-10(8)21(13,15)16/h1-5,14H,6H2,(H2,13,15,16)(H,17,18,19). The van der Waals surface area contributed by atoms with Gasteiger partial charge in [-0.05, 0) is 23.6 Å². The quantitative estimate of drug-likeness (QED) is 0.678. The van der Waals surface area contributed by atoms with Gasteiger partial charge in [-0.15, -0.1) is 11.3 Å². The molecule has 0 saturated heterocycles. The van der Waals surface area contributed by atoms with Crippen molar-refractivity contribution < 1.29 is 21.4 Å². The van der Waals surface area contributed by atoms with Crippen molar-refractivity contribution in [3.8, 4) is 0 Å². The van der Waals surface area contributed by atoms with Crippen molar-refractivity contribution in [3.63, 3.8) is 0 Å². The van der Waals surface area contributed by atoms with Gasteiger partial charge in [0.1, 0.15) is 9.79 Å². The summed E-state index contributed by atoms with van der Waals surface area (Å²) in [6, 6.07) is 5.47. The van der Waals surface area contributed by atoms with Gasteiger partial charge in [0.05, 0.1) is 10.7 Å². The summed E-state index contributed by atoms with van der Waals surface area (Å²) in [5, 5.41) is 9.35. The fraction of sp³-hybridized carbons (Fsp3) is 0.0909. The zero-order valence-electron chi connectivity index (χ0n) is 10.9. The third-order valence-electron chi connectivity index (χ3n) is 2.65. The van der Waals surface area contributed by atoms with E-state index in [0.717, 1.165) is 17.0 Å². The first kappa shape index (κ1) is 17.2. The highest BCUT2D eigenvalue weighted by atomic mass is 35.5. The van der Waals surface area contributed by atoms with Gasteiger partial charge in [-0.3, -0.25) is 4.55 Å². The molecule has 0 amide bonds. The smallest absolute Gasteiger partial charge is 0.296 e. The van der Waals surface area contributed by atoms with E-state index in [0.29, 0.717) is 0 Å². The number of hydrogen-bond acceptors (Lipinski definition) is 6. The van der Waals surface area contributed by atoms with Crippen LogP contribution in [0, 0.1) is 0 Å². The Labute approximate surface area is 136 Å². The molecule has 0 spiro atoms. The average molecular weight is 383 g/mol. The Kier molecular flexibility index (Phi) is 4.80. The summed E-state index contributed by atoms with van der Waals surface area (Å²) in [5.74, 6) is 0. The summed E-state index contributed by atoms with van der Waals surface area (Å²) in [6.45, 7) is 0.283. The number of benzene rings is 1. The fourth-order valence-electron chi connectivity index (χ4n) is 1.70. The lowest BCUT2D eigenvalue weighted by molar-refractivity contribution is 0.483. The van der Waals surface area contributed by atoms with Crippen molar-refractivity contribution in [2.75, 3.05) is 5.32 Å². The molecule has 120 valence electrons. The number of nitrogens with two attached hydrogens (primary N) is 1. The minimum atomic E-state index is -4.66. The zero-order chi connectivity index (χ0) is 16.5. The molecule has 7 nitrogen and oxygen atoms in total. The molecule has 2 rings (SSSR count). The summed E-state index contributed by atoms with van der Waals surface area (Å²) in [7, 11) is -8.89. The van der Waals surface area contributed by atoms with Crippen LogP contribution in [-0.4, -0.2) is 21.4 Å². The second kappa shape index (κ2) is 6.14. The van der Waals surface area contributed by atoms with Crippen molar-refractivity contribution in [1.82, 2.24) is 0 Å². The molecule has 0 fully saturated rings. The van der Waals surface area contributed by atoms with Crippen molar-refractivity contribution in [3.05, 3.63) is 39.5 Å². The molecule has 11 heteroatoms. The summed E-state index contributed by atoms with van der Waals surface area (Å²) in [4.78, 5) is -0.283. The minimum absolute atomic E-state index is 0.0201. The van der Waals surface area contributed by atoms with E-state index in [4.69, 9.17) is 16.7 Å². The Balaban J connectivity index is 2.51. The Morgan fingerprint density at radius 2 is 1.91 bits per heavy atom. The van der Waals surface area contributed by atoms with Crippen molar-refractivity contribution in [2.45, 2.75) is 16.3 Å². The maximum absolute atomic E-state index is 11.4. The average Bonchev–Trinajstić information content (AvgIpc) is 2.86. The molecule has 4 N–H and O–H groups in total. The summed E-state index contributed by atoms with van der Waals surface area (Å²) in [5.41, 5.74) is -0.0201. The second-order valence-electron chi connectivity index (χ2n) is 4.23. The Hall–Kier alpha value is -1.17. The van der Waals surface area contributed by atoms with Crippen LogP contribution in [0.2, 0.25) is 5.02 Å². The lowest BCUT2D eigenvalue weighted by Crippen LogP contribution is -2.15. The van der Waals surface area contributed by atoms with Gasteiger partial charge < -0.3 is 5.32 Å². The number of hydrogen-bond donors (Lipinski definition) is 3. The minimum Gasteiger partial charge on any atom is -0.379 e. The molecule has 0 aliphatic rings. The van der Waals surface area contributed by atoms with E-state index < -0.39 is 29.9 Å². The molecule has 0 bridgehead atoms. The molecule has 1 aromatic heterocycles. The van der Waals surface area contributed by atoms with Crippen LogP contribution in [0.15, 0.2) is 39.4 Å². The summed E-state index contributed by atoms with van der Waals surface area (Å²) >= 11 is 7.27. The van der Waals surface area contributed by atoms with Gasteiger partial charge in [0.2, 0.25) is 10.0 Å². The van der Waals surface area contributed by atoms with E-state index in [1.54, 1.807) is 0 Å². The molecule has 0 unspecified atom stereocenters. The van der Waals surface area contributed by atoms with Crippen LogP contribution in [0.25, 0.3) is 0 Å². The maximum Gasteiger partial charge on any atom is 0.296 e. The van der Waals surface area contributed by atoms with E-state index in [1.165, 1.54) is 11.3 Å². The van der Waals surface area contributed by atoms with E-state index in [1.807, 2.05) is 17.5 Å². The highest BCUT2D eigenvalue weighted by Crippen LogP contribution is 2.31. The first-order valence-electron chi connectivity index (χ1n) is 5.69. The molecule has 1 heterocycles. The van der Waals surface area contributed by atoms with Crippen LogP contribution in [0.5, 0.6) is 0 Å². The third-order valence-corrected chi connectivity index (χ3v) is 5.80. The molecule has 0 atom stereocenters. The number of sulfonamides is 1. The summed E-state index contributed by atoms with van der Waals surface area (Å²) in [6.07, 6.45) is 0. The number of rotatable bonds is 5.